The van der Waals surface area contributed by atoms with Crippen molar-refractivity contribution in [1.82, 2.24) is 9.62 Å². The first-order valence-corrected chi connectivity index (χ1v) is 25.9. The number of thioether (sulfide) groups is 1. The fourth-order valence-corrected chi connectivity index (χ4v) is 11.9. The summed E-state index contributed by atoms with van der Waals surface area (Å²) in [6.45, 7) is 5.53. The first kappa shape index (κ1) is 45.6. The van der Waals surface area contributed by atoms with Gasteiger partial charge in [-0.05, 0) is 134 Å². The highest BCUT2D eigenvalue weighted by molar-refractivity contribution is 7.99. The van der Waals surface area contributed by atoms with Crippen LogP contribution in [0.2, 0.25) is 5.02 Å². The molecule has 14 heteroatoms. The van der Waals surface area contributed by atoms with Crippen molar-refractivity contribution in [1.29, 1.82) is 0 Å². The fourth-order valence-electron chi connectivity index (χ4n) is 8.87. The Morgan fingerprint density at radius 1 is 0.855 bits per heavy atom. The number of benzene rings is 5. The van der Waals surface area contributed by atoms with E-state index in [1.54, 1.807) is 23.9 Å². The van der Waals surface area contributed by atoms with Gasteiger partial charge in [-0.2, -0.15) is 0 Å². The lowest BCUT2D eigenvalue weighted by Gasteiger charge is -2.37. The summed E-state index contributed by atoms with van der Waals surface area (Å²) in [6.07, 6.45) is 5.73. The van der Waals surface area contributed by atoms with Gasteiger partial charge in [0, 0.05) is 64.9 Å². The lowest BCUT2D eigenvalue weighted by atomic mass is 9.78. The van der Waals surface area contributed by atoms with E-state index >= 15 is 0 Å². The van der Waals surface area contributed by atoms with Gasteiger partial charge in [0.1, 0.15) is 0 Å². The number of rotatable bonds is 17. The summed E-state index contributed by atoms with van der Waals surface area (Å²) in [5.74, 6) is 0.658. The quantitative estimate of drug-likeness (QED) is 0.0776. The van der Waals surface area contributed by atoms with Gasteiger partial charge in [-0.25, -0.2) is 21.6 Å². The molecule has 3 atom stereocenters. The summed E-state index contributed by atoms with van der Waals surface area (Å²) in [5.41, 5.74) is 5.10. The predicted molar refractivity (Wildman–Crippen MR) is 252 cm³/mol. The zero-order valence-corrected chi connectivity index (χ0v) is 38.3. The van der Waals surface area contributed by atoms with Crippen molar-refractivity contribution < 1.29 is 26.7 Å². The zero-order valence-electron chi connectivity index (χ0n) is 35.1. The molecule has 7 rings (SSSR count). The smallest absolute Gasteiger partial charge is 0.264 e. The number of β-amino-alcohol motifs (C(OH)–C–C–N with tert-alkyl or cyclic N) is 1. The summed E-state index contributed by atoms with van der Waals surface area (Å²) >= 11 is 7.82. The highest BCUT2D eigenvalue weighted by Gasteiger charge is 2.30. The number of sulfonamides is 1. The van der Waals surface area contributed by atoms with Crippen LogP contribution in [0.3, 0.4) is 0 Å². The lowest BCUT2D eigenvalue weighted by Crippen LogP contribution is -2.37. The minimum absolute atomic E-state index is 0.0617. The monoisotopic (exact) mass is 914 g/mol. The number of hydrogen-bond donors (Lipinski definition) is 3. The first-order valence-electron chi connectivity index (χ1n) is 21.2. The number of nitrogens with zero attached hydrogens (tertiary/aromatic N) is 2. The van der Waals surface area contributed by atoms with Crippen LogP contribution in [-0.2, 0) is 19.9 Å². The van der Waals surface area contributed by atoms with Crippen LogP contribution < -0.4 is 14.9 Å². The number of sulfone groups is 1. The molecule has 0 aliphatic carbocycles. The maximum Gasteiger partial charge on any atom is 0.264 e. The van der Waals surface area contributed by atoms with E-state index in [2.05, 4.69) is 63.2 Å². The van der Waals surface area contributed by atoms with Crippen molar-refractivity contribution in [2.24, 2.45) is 5.92 Å². The van der Waals surface area contributed by atoms with Crippen LogP contribution in [0.4, 0.5) is 11.4 Å². The average molecular weight is 916 g/mol. The van der Waals surface area contributed by atoms with Gasteiger partial charge in [-0.3, -0.25) is 9.69 Å². The summed E-state index contributed by atoms with van der Waals surface area (Å²) in [6, 6.07) is 37.3. The number of piperidine rings is 1. The van der Waals surface area contributed by atoms with Crippen molar-refractivity contribution in [3.05, 3.63) is 137 Å². The SMILES string of the molecule is C[C@@H](c1ccccc1-c1ccc(Cl)cc1)C1CCN(c2ccc(C(=O)NS(=O)(=O)c3ccc(N[C@@H](CSc4ccccc4)C[C@@H]4CCCN4CCO)c(S(C)(=O)=O)c3)cc2)CC1. The standard InChI is InChI=1S/C48H55ClN4O6S3/c1-34(44-12-6-7-13-45(44)36-14-18-38(49)19-15-36)35-24-27-53(28-25-35)40-20-16-37(17-21-40)48(55)51-62(58,59)43-22-23-46(47(32-43)61(2,56)57)50-39(33-60-42-10-4-3-5-11-42)31-41-9-8-26-52(41)29-30-54/h3-7,10-23,32,34-35,39,41,50,54H,8-9,24-31,33H2,1-2H3,(H,51,55)/t34-,39-,41+/m1/s1. The minimum Gasteiger partial charge on any atom is -0.395 e. The normalized spacial score (nSPS) is 17.4. The second-order valence-corrected chi connectivity index (χ2v) is 21.6. The molecular formula is C48H55ClN4O6S3. The zero-order chi connectivity index (χ0) is 43.9. The Morgan fingerprint density at radius 3 is 2.24 bits per heavy atom. The van der Waals surface area contributed by atoms with Gasteiger partial charge in [0.2, 0.25) is 0 Å². The third-order valence-electron chi connectivity index (χ3n) is 12.2. The highest BCUT2D eigenvalue weighted by atomic mass is 35.5. The summed E-state index contributed by atoms with van der Waals surface area (Å²) in [4.78, 5) is 18.5. The van der Waals surface area contributed by atoms with Crippen molar-refractivity contribution in [2.45, 2.75) is 71.7 Å². The Hall–Kier alpha value is -4.37. The second-order valence-electron chi connectivity index (χ2n) is 16.4. The van der Waals surface area contributed by atoms with Gasteiger partial charge in [0.05, 0.1) is 22.1 Å². The maximum absolute atomic E-state index is 13.6. The Balaban J connectivity index is 0.997. The number of amides is 1. The maximum atomic E-state index is 13.6. The van der Waals surface area contributed by atoms with E-state index in [0.29, 0.717) is 41.3 Å². The van der Waals surface area contributed by atoms with Gasteiger partial charge in [0.15, 0.2) is 9.84 Å². The van der Waals surface area contributed by atoms with Crippen LogP contribution in [-0.4, -0.2) is 89.6 Å². The number of halogens is 1. The van der Waals surface area contributed by atoms with Crippen molar-refractivity contribution in [3.63, 3.8) is 0 Å². The van der Waals surface area contributed by atoms with Crippen LogP contribution in [0.5, 0.6) is 0 Å². The lowest BCUT2D eigenvalue weighted by molar-refractivity contribution is 0.0981. The molecule has 0 unspecified atom stereocenters. The molecule has 5 aromatic rings. The van der Waals surface area contributed by atoms with E-state index in [9.17, 15) is 26.7 Å². The van der Waals surface area contributed by atoms with Gasteiger partial charge >= 0.3 is 0 Å². The van der Waals surface area contributed by atoms with Gasteiger partial charge in [-0.15, -0.1) is 11.8 Å². The van der Waals surface area contributed by atoms with Crippen LogP contribution in [0.15, 0.2) is 136 Å². The molecule has 0 saturated carbocycles. The molecule has 2 saturated heterocycles. The van der Waals surface area contributed by atoms with E-state index in [4.69, 9.17) is 11.6 Å². The largest absolute Gasteiger partial charge is 0.395 e. The van der Waals surface area contributed by atoms with Gasteiger partial charge < -0.3 is 15.3 Å². The number of carbonyl (C=O) groups is 1. The summed E-state index contributed by atoms with van der Waals surface area (Å²) in [7, 11) is -8.36. The average Bonchev–Trinajstić information content (AvgIpc) is 3.71. The third-order valence-corrected chi connectivity index (χ3v) is 16.1. The van der Waals surface area contributed by atoms with Gasteiger partial charge in [0.25, 0.3) is 15.9 Å². The van der Waals surface area contributed by atoms with E-state index in [0.717, 1.165) is 73.8 Å². The molecule has 0 bridgehead atoms. The Bertz CT molecular complexity index is 2520. The Labute approximate surface area is 376 Å². The Morgan fingerprint density at radius 2 is 1.55 bits per heavy atom. The third kappa shape index (κ3) is 11.4. The number of hydrogen-bond acceptors (Lipinski definition) is 10. The van der Waals surface area contributed by atoms with E-state index in [1.807, 2.05) is 54.6 Å². The van der Waals surface area contributed by atoms with E-state index in [1.165, 1.54) is 23.3 Å². The summed E-state index contributed by atoms with van der Waals surface area (Å²) < 4.78 is 55.8. The number of likely N-dealkylation sites (tertiary alicyclic amines) is 1. The molecular weight excluding hydrogens is 860 g/mol. The topological polar surface area (TPSA) is 136 Å². The molecule has 2 aliphatic rings. The molecule has 2 heterocycles. The van der Waals surface area contributed by atoms with Crippen LogP contribution in [0.25, 0.3) is 11.1 Å². The van der Waals surface area contributed by atoms with Gasteiger partial charge in [-0.1, -0.05) is 73.1 Å². The molecule has 10 nitrogen and oxygen atoms in total. The number of anilines is 2. The second kappa shape index (κ2) is 20.4. The number of aliphatic hydroxyl groups is 1. The molecule has 5 aromatic carbocycles. The number of carbonyl (C=O) groups excluding carboxylic acids is 1. The molecule has 328 valence electrons. The molecule has 0 spiro atoms. The molecule has 0 aromatic heterocycles. The molecule has 0 radical (unpaired) electrons. The van der Waals surface area contributed by atoms with Crippen molar-refractivity contribution >= 4 is 60.5 Å². The molecule has 2 fully saturated rings. The summed E-state index contributed by atoms with van der Waals surface area (Å²) in [5, 5.41) is 13.8. The molecule has 2 aliphatic heterocycles. The first-order chi connectivity index (χ1) is 29.8. The molecule has 1 amide bonds. The fraction of sp³-hybridized carbons (Fsp3) is 0.354. The minimum atomic E-state index is -4.45. The Kier molecular flexibility index (Phi) is 15.0. The van der Waals surface area contributed by atoms with Crippen molar-refractivity contribution in [2.75, 3.05) is 55.0 Å². The number of aliphatic hydroxyl groups excluding tert-OH is 1. The predicted octanol–water partition coefficient (Wildman–Crippen LogP) is 8.97. The van der Waals surface area contributed by atoms with Crippen LogP contribution >= 0.6 is 23.4 Å². The highest BCUT2D eigenvalue weighted by Crippen LogP contribution is 2.39. The number of nitrogens with one attached hydrogen (secondary N) is 2. The van der Waals surface area contributed by atoms with Crippen molar-refractivity contribution in [3.8, 4) is 11.1 Å². The van der Waals surface area contributed by atoms with E-state index in [-0.39, 0.29) is 34.0 Å². The molecule has 3 N–H and O–H groups in total. The molecule has 62 heavy (non-hydrogen) atoms. The van der Waals surface area contributed by atoms with Crippen LogP contribution in [0.1, 0.15) is 60.9 Å². The van der Waals surface area contributed by atoms with Crippen LogP contribution in [0, 0.1) is 5.92 Å². The van der Waals surface area contributed by atoms with E-state index < -0.39 is 25.8 Å².